The zero-order chi connectivity index (χ0) is 53.2. The molecule has 406 valence electrons. The maximum Gasteiger partial charge on any atom is 0.334 e. The number of aliphatic hydroxyl groups is 16. The number of rotatable bonds is 16. The van der Waals surface area contributed by atoms with Crippen molar-refractivity contribution in [2.24, 2.45) is 11.5 Å². The van der Waals surface area contributed by atoms with Crippen LogP contribution in [0.25, 0.3) is 0 Å². The number of methoxy groups -OCH3 is 2. The fraction of sp³-hybridized carbons (Fsp3) is 0.892. The predicted molar refractivity (Wildman–Crippen MR) is 215 cm³/mol. The highest BCUT2D eigenvalue weighted by Gasteiger charge is 2.48. The first-order valence-corrected chi connectivity index (χ1v) is 20.7. The van der Waals surface area contributed by atoms with Crippen LogP contribution in [0.2, 0.25) is 0 Å². The molecule has 4 rings (SSSR count). The number of esters is 2. The molecule has 32 heteroatoms. The van der Waals surface area contributed by atoms with E-state index in [-0.39, 0.29) is 0 Å². The molecule has 23 atom stereocenters. The lowest BCUT2D eigenvalue weighted by Gasteiger charge is -2.40. The first-order chi connectivity index (χ1) is 32.2. The zero-order valence-electron chi connectivity index (χ0n) is 37.8. The van der Waals surface area contributed by atoms with Crippen LogP contribution in [0.15, 0.2) is 0 Å². The van der Waals surface area contributed by atoms with Crippen molar-refractivity contribution in [2.75, 3.05) is 47.3 Å². The van der Waals surface area contributed by atoms with Gasteiger partial charge in [0.05, 0.1) is 40.6 Å². The lowest BCUT2D eigenvalue weighted by atomic mass is 9.99. The molecule has 2 amide bonds. The molecule has 20 N–H and O–H groups in total. The van der Waals surface area contributed by atoms with E-state index in [0.717, 1.165) is 0 Å². The van der Waals surface area contributed by atoms with Gasteiger partial charge in [-0.3, -0.25) is 9.59 Å². The van der Waals surface area contributed by atoms with E-state index >= 15 is 0 Å². The Morgan fingerprint density at radius 3 is 0.928 bits per heavy atom. The minimum atomic E-state index is -1.54. The van der Waals surface area contributed by atoms with Gasteiger partial charge in [0.1, 0.15) is 116 Å². The smallest absolute Gasteiger partial charge is 0.334 e. The van der Waals surface area contributed by atoms with E-state index in [9.17, 15) is 80.5 Å². The molecule has 4 aliphatic rings. The van der Waals surface area contributed by atoms with Gasteiger partial charge in [0.25, 0.3) is 0 Å². The van der Waals surface area contributed by atoms with E-state index in [4.69, 9.17) is 69.8 Å². The van der Waals surface area contributed by atoms with Crippen LogP contribution >= 0.6 is 0 Å². The van der Waals surface area contributed by atoms with Crippen LogP contribution in [0.1, 0.15) is 20.8 Å². The third kappa shape index (κ3) is 18.5. The second-order valence-electron chi connectivity index (χ2n) is 15.3. The molecule has 4 aliphatic heterocycles. The van der Waals surface area contributed by atoms with Crippen LogP contribution in [0.4, 0.5) is 0 Å². The van der Waals surface area contributed by atoms with Crippen molar-refractivity contribution in [3.8, 4) is 0 Å². The van der Waals surface area contributed by atoms with Crippen LogP contribution < -0.4 is 11.5 Å². The van der Waals surface area contributed by atoms with Crippen LogP contribution in [-0.4, -0.2) is 294 Å². The third-order valence-corrected chi connectivity index (χ3v) is 10.3. The van der Waals surface area contributed by atoms with Crippen LogP contribution in [0.3, 0.4) is 0 Å². The van der Waals surface area contributed by atoms with E-state index in [1.165, 1.54) is 35.0 Å². The first-order valence-electron chi connectivity index (χ1n) is 20.7. The van der Waals surface area contributed by atoms with Gasteiger partial charge in [-0.2, -0.15) is 0 Å². The molecular formula is C37H68N2O30. The summed E-state index contributed by atoms with van der Waals surface area (Å²) in [5, 5.41) is 150. The molecule has 4 heterocycles. The number of hydrogen-bond acceptors (Lipinski definition) is 30. The maximum atomic E-state index is 11.1. The fourth-order valence-corrected chi connectivity index (χ4v) is 5.91. The van der Waals surface area contributed by atoms with Crippen molar-refractivity contribution >= 4 is 23.8 Å². The van der Waals surface area contributed by atoms with Crippen LogP contribution in [-0.2, 0) is 66.5 Å². The summed E-state index contributed by atoms with van der Waals surface area (Å²) in [5.41, 5.74) is 9.93. The summed E-state index contributed by atoms with van der Waals surface area (Å²) >= 11 is 0. The third-order valence-electron chi connectivity index (χ3n) is 10.3. The Hall–Kier alpha value is -3.08. The summed E-state index contributed by atoms with van der Waals surface area (Å²) in [6.07, 6.45) is -30.8. The summed E-state index contributed by atoms with van der Waals surface area (Å²) in [6, 6.07) is 0. The van der Waals surface area contributed by atoms with Crippen molar-refractivity contribution in [3.63, 3.8) is 0 Å². The number of carbonyl (C=O) groups is 4. The monoisotopic (exact) mass is 1020 g/mol. The van der Waals surface area contributed by atoms with Gasteiger partial charge in [-0.15, -0.1) is 0 Å². The van der Waals surface area contributed by atoms with Crippen molar-refractivity contribution in [2.45, 2.75) is 162 Å². The summed E-state index contributed by atoms with van der Waals surface area (Å²) < 4.78 is 48.7. The second-order valence-corrected chi connectivity index (χ2v) is 15.3. The molecule has 0 aromatic heterocycles. The first kappa shape index (κ1) is 63.9. The Kier molecular flexibility index (Phi) is 28.5. The molecule has 0 aromatic carbocycles. The molecule has 4 saturated heterocycles. The summed E-state index contributed by atoms with van der Waals surface area (Å²) in [5.74, 6) is -2.88. The highest BCUT2D eigenvalue weighted by Crippen LogP contribution is 2.26. The zero-order valence-corrected chi connectivity index (χ0v) is 37.8. The highest BCUT2D eigenvalue weighted by molar-refractivity contribution is 5.78. The van der Waals surface area contributed by atoms with Gasteiger partial charge in [0.2, 0.25) is 11.8 Å². The number of nitrogens with two attached hydrogens (primary N) is 2. The minimum absolute atomic E-state index is 0.473. The van der Waals surface area contributed by atoms with Gasteiger partial charge in [-0.25, -0.2) is 9.59 Å². The van der Waals surface area contributed by atoms with E-state index in [0.29, 0.717) is 0 Å². The van der Waals surface area contributed by atoms with Crippen LogP contribution in [0.5, 0.6) is 0 Å². The second kappa shape index (κ2) is 30.7. The number of carbonyl (C=O) groups excluding carboxylic acids is 4. The lowest BCUT2D eigenvalue weighted by molar-refractivity contribution is -0.308. The molecule has 32 nitrogen and oxygen atoms in total. The molecule has 0 aliphatic carbocycles. The van der Waals surface area contributed by atoms with Gasteiger partial charge >= 0.3 is 11.9 Å². The average molecular weight is 1020 g/mol. The van der Waals surface area contributed by atoms with Crippen molar-refractivity contribution < 1.29 is 148 Å². The SMILES string of the molecule is CC(OC1OC(CO)[C@@H](O)[C@H](O)C1O)C(N)=O.CC(OC1OC(CO)[C@H](O)[C@H](O)C1O)C(N)=O.COC(=O)C(C)OC1OC(CO)[C@H](O)[C@H](O)C1O.COC(=O)COC1OC(CO)[C@@H](O)[C@H](O)C1O. The topological polar surface area (TPSA) is 536 Å². The average Bonchev–Trinajstić information content (AvgIpc) is 3.33. The largest absolute Gasteiger partial charge is 0.467 e. The highest BCUT2D eigenvalue weighted by atomic mass is 16.7. The van der Waals surface area contributed by atoms with E-state index in [2.05, 4.69) is 9.47 Å². The van der Waals surface area contributed by atoms with Crippen molar-refractivity contribution in [1.82, 2.24) is 0 Å². The Labute approximate surface area is 392 Å². The Morgan fingerprint density at radius 2 is 0.681 bits per heavy atom. The molecule has 15 unspecified atom stereocenters. The lowest BCUT2D eigenvalue weighted by Crippen LogP contribution is -2.60. The van der Waals surface area contributed by atoms with E-state index in [1.54, 1.807) is 0 Å². The normalized spacial score (nSPS) is 39.0. The Morgan fingerprint density at radius 1 is 0.420 bits per heavy atom. The number of ether oxygens (including phenoxy) is 10. The molecule has 0 radical (unpaired) electrons. The minimum Gasteiger partial charge on any atom is -0.467 e. The summed E-state index contributed by atoms with van der Waals surface area (Å²) in [6.45, 7) is 1.38. The summed E-state index contributed by atoms with van der Waals surface area (Å²) in [7, 11) is 2.34. The van der Waals surface area contributed by atoms with Gasteiger partial charge in [-0.1, -0.05) is 0 Å². The predicted octanol–water partition coefficient (Wildman–Crippen LogP) is -12.3. The van der Waals surface area contributed by atoms with Crippen molar-refractivity contribution in [1.29, 1.82) is 0 Å². The van der Waals surface area contributed by atoms with E-state index in [1.807, 2.05) is 0 Å². The van der Waals surface area contributed by atoms with Gasteiger partial charge in [-0.05, 0) is 20.8 Å². The molecular weight excluding hydrogens is 952 g/mol. The number of aliphatic hydroxyl groups excluding tert-OH is 16. The van der Waals surface area contributed by atoms with Crippen LogP contribution in [0, 0.1) is 0 Å². The van der Waals surface area contributed by atoms with Gasteiger partial charge in [0, 0.05) is 0 Å². The number of primary amides is 2. The Balaban J connectivity index is 0.000000460. The van der Waals surface area contributed by atoms with Gasteiger partial charge in [0.15, 0.2) is 31.3 Å². The number of hydrogen-bond donors (Lipinski definition) is 18. The van der Waals surface area contributed by atoms with Gasteiger partial charge < -0.3 is 141 Å². The maximum absolute atomic E-state index is 11.1. The molecule has 4 fully saturated rings. The number of amides is 2. The molecule has 0 aromatic rings. The molecule has 69 heavy (non-hydrogen) atoms. The molecule has 0 spiro atoms. The quantitative estimate of drug-likeness (QED) is 0.0638. The summed E-state index contributed by atoms with van der Waals surface area (Å²) in [4.78, 5) is 43.5. The van der Waals surface area contributed by atoms with E-state index < -0.39 is 198 Å². The fourth-order valence-electron chi connectivity index (χ4n) is 5.91. The molecule has 0 bridgehead atoms. The standard InChI is InChI=1S/C10H18O8.2C9H17NO7.C9H16O8/c1-4(9(15)16-2)17-10-8(14)7(13)6(12)5(3-11)18-10;2*1-3(8(10)15)16-9-7(14)6(13)5(12)4(2-11)17-9;1-15-5(11)3-16-9-8(14)7(13)6(12)4(2-10)17-9/h4-8,10-14H,3H2,1-2H3;2*3-7,9,11-14H,2H2,1H3,(H2,10,15);4,6-10,12-14H,2-3H2,1H3/t4?,5?,6-,7-,8?,10?;3?,4?,5-,6+,7?,9?;3?,4?,5-,6-,7?,9?;4?,6-,7+,8?,9?/m0101/s1. The molecule has 0 saturated carbocycles. The van der Waals surface area contributed by atoms with Crippen molar-refractivity contribution in [3.05, 3.63) is 0 Å². The Bertz CT molecular complexity index is 1460.